The number of amides is 1. The standard InChI is InChI=1S/C18H26FN5O3S/c1-16(2)14(23-15(25)26)24-17(3,13-10(19)4-5-12(20)22-13)11-8-18(6-7-18)9-21-28(11,16)27/h4-5,11,21,27H,6-9H2,1-3H3,(H2,20,22)(H,23,24)(H,25,26)/t11-,17-/m0/s1. The lowest BCUT2D eigenvalue weighted by Gasteiger charge is -2.62. The van der Waals surface area contributed by atoms with E-state index in [9.17, 15) is 18.8 Å². The Morgan fingerprint density at radius 2 is 2.07 bits per heavy atom. The number of anilines is 1. The van der Waals surface area contributed by atoms with Gasteiger partial charge in [0.1, 0.15) is 28.7 Å². The number of nitrogens with one attached hydrogen (secondary N) is 2. The van der Waals surface area contributed by atoms with Gasteiger partial charge in [-0.25, -0.2) is 14.2 Å². The number of rotatable bonds is 1. The van der Waals surface area contributed by atoms with Crippen molar-refractivity contribution >= 4 is 28.2 Å². The molecule has 2 fully saturated rings. The minimum absolute atomic E-state index is 0.0307. The zero-order chi connectivity index (χ0) is 20.5. The van der Waals surface area contributed by atoms with Crippen molar-refractivity contribution in [3.63, 3.8) is 0 Å². The van der Waals surface area contributed by atoms with E-state index < -0.39 is 37.9 Å². The predicted molar refractivity (Wildman–Crippen MR) is 107 cm³/mol. The summed E-state index contributed by atoms with van der Waals surface area (Å²) in [6.45, 7) is 5.90. The Balaban J connectivity index is 1.95. The van der Waals surface area contributed by atoms with Crippen molar-refractivity contribution < 1.29 is 18.8 Å². The molecule has 0 aromatic carbocycles. The smallest absolute Gasteiger partial charge is 0.410 e. The lowest BCUT2D eigenvalue weighted by molar-refractivity contribution is 0.199. The third-order valence-electron chi connectivity index (χ3n) is 6.55. The molecule has 1 aromatic rings. The maximum absolute atomic E-state index is 14.9. The highest BCUT2D eigenvalue weighted by atomic mass is 32.3. The molecule has 1 aliphatic carbocycles. The zero-order valence-electron chi connectivity index (χ0n) is 16.1. The second-order valence-electron chi connectivity index (χ2n) is 8.75. The lowest BCUT2D eigenvalue weighted by Crippen LogP contribution is -2.65. The number of fused-ring (bicyclic) bond motifs is 1. The Labute approximate surface area is 164 Å². The Kier molecular flexibility index (Phi) is 4.02. The van der Waals surface area contributed by atoms with Crippen molar-refractivity contribution in [1.82, 2.24) is 15.0 Å². The number of hydrogen-bond donors (Lipinski definition) is 5. The molecule has 1 aromatic heterocycles. The van der Waals surface area contributed by atoms with E-state index in [4.69, 9.17) is 5.73 Å². The van der Waals surface area contributed by atoms with E-state index in [1.54, 1.807) is 20.8 Å². The van der Waals surface area contributed by atoms with Gasteiger partial charge >= 0.3 is 6.09 Å². The van der Waals surface area contributed by atoms with E-state index in [0.29, 0.717) is 13.0 Å². The van der Waals surface area contributed by atoms with Gasteiger partial charge < -0.3 is 15.4 Å². The number of amidine groups is 1. The van der Waals surface area contributed by atoms with Crippen LogP contribution in [0.4, 0.5) is 15.0 Å². The fraction of sp³-hybridized carbons (Fsp3) is 0.611. The molecule has 0 bridgehead atoms. The van der Waals surface area contributed by atoms with E-state index in [-0.39, 0.29) is 22.8 Å². The SMILES string of the molecule is CC1(C)C(NC(=O)O)=N[C@](C)(c2nc(N)ccc2F)[C@@H]2CC3(CC3)CNS21O. The van der Waals surface area contributed by atoms with Gasteiger partial charge in [0.25, 0.3) is 0 Å². The number of nitrogens with zero attached hydrogens (tertiary/aromatic N) is 2. The van der Waals surface area contributed by atoms with E-state index in [0.717, 1.165) is 12.8 Å². The molecule has 6 N–H and O–H groups in total. The van der Waals surface area contributed by atoms with Crippen LogP contribution in [0.2, 0.25) is 0 Å². The van der Waals surface area contributed by atoms with Crippen LogP contribution in [0.25, 0.3) is 0 Å². The summed E-state index contributed by atoms with van der Waals surface area (Å²) < 4.78 is 29.1. The second kappa shape index (κ2) is 5.80. The Morgan fingerprint density at radius 1 is 1.39 bits per heavy atom. The molecule has 8 nitrogen and oxygen atoms in total. The number of aliphatic imine (C=N–C) groups is 1. The molecule has 0 radical (unpaired) electrons. The zero-order valence-corrected chi connectivity index (χ0v) is 16.9. The van der Waals surface area contributed by atoms with Gasteiger partial charge in [-0.3, -0.25) is 15.0 Å². The largest absolute Gasteiger partial charge is 0.465 e. The number of halogens is 1. The molecule has 1 saturated carbocycles. The van der Waals surface area contributed by atoms with Crippen LogP contribution < -0.4 is 15.8 Å². The summed E-state index contributed by atoms with van der Waals surface area (Å²) in [4.78, 5) is 20.3. The molecular formula is C18H26FN5O3S. The van der Waals surface area contributed by atoms with Gasteiger partial charge in [0.05, 0.1) is 10.00 Å². The number of carboxylic acid groups (broad SMARTS) is 1. The monoisotopic (exact) mass is 411 g/mol. The minimum Gasteiger partial charge on any atom is -0.465 e. The van der Waals surface area contributed by atoms with Crippen molar-refractivity contribution in [2.75, 3.05) is 12.3 Å². The Morgan fingerprint density at radius 3 is 2.68 bits per heavy atom. The molecular weight excluding hydrogens is 385 g/mol. The second-order valence-corrected chi connectivity index (χ2v) is 11.9. The van der Waals surface area contributed by atoms with Gasteiger partial charge in [-0.15, -0.1) is 0 Å². The molecule has 1 spiro atoms. The van der Waals surface area contributed by atoms with E-state index in [1.807, 2.05) is 0 Å². The minimum atomic E-state index is -2.63. The summed E-state index contributed by atoms with van der Waals surface area (Å²) in [5, 5.41) is 11.2. The van der Waals surface area contributed by atoms with Crippen LogP contribution in [0.5, 0.6) is 0 Å². The summed E-state index contributed by atoms with van der Waals surface area (Å²) in [6, 6.07) is 2.61. The number of carbonyl (C=O) groups is 1. The average Bonchev–Trinajstić information content (AvgIpc) is 3.36. The molecule has 28 heavy (non-hydrogen) atoms. The first-order valence-electron chi connectivity index (χ1n) is 9.25. The van der Waals surface area contributed by atoms with E-state index >= 15 is 0 Å². The molecule has 1 saturated heterocycles. The van der Waals surface area contributed by atoms with Crippen molar-refractivity contribution in [2.24, 2.45) is 10.4 Å². The summed E-state index contributed by atoms with van der Waals surface area (Å²) in [7, 11) is -2.63. The first-order chi connectivity index (χ1) is 12.9. The average molecular weight is 412 g/mol. The highest BCUT2D eigenvalue weighted by molar-refractivity contribution is 8.29. The van der Waals surface area contributed by atoms with Gasteiger partial charge in [-0.1, -0.05) is 10.5 Å². The molecule has 4 rings (SSSR count). The van der Waals surface area contributed by atoms with E-state index in [2.05, 4.69) is 20.0 Å². The first-order valence-corrected chi connectivity index (χ1v) is 10.9. The van der Waals surface area contributed by atoms with Crippen LogP contribution in [-0.4, -0.2) is 43.1 Å². The Bertz CT molecular complexity index is 890. The van der Waals surface area contributed by atoms with Crippen LogP contribution in [0.3, 0.4) is 0 Å². The van der Waals surface area contributed by atoms with Gasteiger partial charge in [-0.2, -0.15) is 0 Å². The summed E-state index contributed by atoms with van der Waals surface area (Å²) >= 11 is 0. The number of hydrogen-bond acceptors (Lipinski definition) is 6. The lowest BCUT2D eigenvalue weighted by atomic mass is 9.84. The molecule has 1 amide bonds. The van der Waals surface area contributed by atoms with Gasteiger partial charge in [0, 0.05) is 6.54 Å². The van der Waals surface area contributed by atoms with Crippen molar-refractivity contribution in [1.29, 1.82) is 0 Å². The molecule has 3 aliphatic rings. The molecule has 154 valence electrons. The predicted octanol–water partition coefficient (Wildman–Crippen LogP) is 2.81. The van der Waals surface area contributed by atoms with Crippen LogP contribution in [0.15, 0.2) is 17.1 Å². The van der Waals surface area contributed by atoms with Crippen molar-refractivity contribution in [3.8, 4) is 0 Å². The van der Waals surface area contributed by atoms with Crippen LogP contribution in [0.1, 0.15) is 45.7 Å². The third-order valence-corrected chi connectivity index (χ3v) is 10.3. The molecule has 3 heterocycles. The van der Waals surface area contributed by atoms with Gasteiger partial charge in [0.15, 0.2) is 0 Å². The molecule has 2 aliphatic heterocycles. The fourth-order valence-corrected chi connectivity index (χ4v) is 8.07. The van der Waals surface area contributed by atoms with Crippen LogP contribution in [0, 0.1) is 11.2 Å². The number of nitrogens with two attached hydrogens (primary N) is 1. The van der Waals surface area contributed by atoms with Crippen molar-refractivity contribution in [2.45, 2.75) is 55.6 Å². The van der Waals surface area contributed by atoms with Crippen LogP contribution in [-0.2, 0) is 5.54 Å². The third kappa shape index (κ3) is 2.61. The van der Waals surface area contributed by atoms with Crippen LogP contribution >= 0.6 is 10.5 Å². The molecule has 3 atom stereocenters. The highest BCUT2D eigenvalue weighted by Gasteiger charge is 2.65. The Hall–Kier alpha value is -1.91. The number of aromatic nitrogens is 1. The summed E-state index contributed by atoms with van der Waals surface area (Å²) in [6.07, 6.45) is 1.47. The van der Waals surface area contributed by atoms with Gasteiger partial charge in [0.2, 0.25) is 0 Å². The molecule has 1 unspecified atom stereocenters. The maximum atomic E-state index is 14.9. The van der Waals surface area contributed by atoms with Crippen molar-refractivity contribution in [3.05, 3.63) is 23.6 Å². The molecule has 10 heteroatoms. The fourth-order valence-electron chi connectivity index (χ4n) is 4.46. The number of nitrogen functional groups attached to an aromatic ring is 1. The highest BCUT2D eigenvalue weighted by Crippen LogP contribution is 2.71. The summed E-state index contributed by atoms with van der Waals surface area (Å²) in [5.41, 5.74) is 4.66. The maximum Gasteiger partial charge on any atom is 0.410 e. The first kappa shape index (κ1) is 19.4. The quantitative estimate of drug-likeness (QED) is 0.483. The topological polar surface area (TPSA) is 133 Å². The number of pyridine rings is 1. The van der Waals surface area contributed by atoms with Gasteiger partial charge in [-0.05, 0) is 57.6 Å². The normalized spacial score (nSPS) is 37.3. The van der Waals surface area contributed by atoms with E-state index in [1.165, 1.54) is 12.1 Å². The summed E-state index contributed by atoms with van der Waals surface area (Å²) in [5.74, 6) is -0.333.